The molecule has 1 heterocycles. The molecule has 0 aliphatic carbocycles. The van der Waals surface area contributed by atoms with Gasteiger partial charge in [0.1, 0.15) is 0 Å². The van der Waals surface area contributed by atoms with Crippen molar-refractivity contribution in [1.29, 1.82) is 0 Å². The van der Waals surface area contributed by atoms with E-state index in [1.807, 2.05) is 18.3 Å². The monoisotopic (exact) mass is 256 g/mol. The lowest BCUT2D eigenvalue weighted by molar-refractivity contribution is 0.115. The summed E-state index contributed by atoms with van der Waals surface area (Å²) in [6, 6.07) is 4.27. The van der Waals surface area contributed by atoms with E-state index in [4.69, 9.17) is 4.74 Å². The highest BCUT2D eigenvalue weighted by Gasteiger charge is 2.01. The van der Waals surface area contributed by atoms with Crippen LogP contribution in [-0.2, 0) is 11.3 Å². The van der Waals surface area contributed by atoms with Crippen molar-refractivity contribution in [2.24, 2.45) is 0 Å². The van der Waals surface area contributed by atoms with Crippen LogP contribution in [0.25, 0.3) is 0 Å². The number of hydrogen-bond donors (Lipinski definition) is 1. The van der Waals surface area contributed by atoms with Crippen molar-refractivity contribution >= 4 is 11.3 Å². The molecule has 4 heteroatoms. The summed E-state index contributed by atoms with van der Waals surface area (Å²) in [6.45, 7) is 11.1. The van der Waals surface area contributed by atoms with Gasteiger partial charge < -0.3 is 15.0 Å². The van der Waals surface area contributed by atoms with Crippen LogP contribution in [0.5, 0.6) is 0 Å². The minimum absolute atomic E-state index is 0.814. The lowest BCUT2D eigenvalue weighted by Crippen LogP contribution is -2.34. The van der Waals surface area contributed by atoms with Crippen molar-refractivity contribution in [2.75, 3.05) is 39.4 Å². The molecule has 1 N–H and O–H groups in total. The van der Waals surface area contributed by atoms with Gasteiger partial charge in [-0.15, -0.1) is 11.3 Å². The van der Waals surface area contributed by atoms with Gasteiger partial charge >= 0.3 is 0 Å². The quantitative estimate of drug-likeness (QED) is 0.650. The zero-order chi connectivity index (χ0) is 12.3. The molecular weight excluding hydrogens is 232 g/mol. The average Bonchev–Trinajstić information content (AvgIpc) is 2.85. The molecule has 0 spiro atoms. The highest BCUT2D eigenvalue weighted by molar-refractivity contribution is 7.09. The van der Waals surface area contributed by atoms with Crippen molar-refractivity contribution in [3.05, 3.63) is 22.4 Å². The number of rotatable bonds is 10. The van der Waals surface area contributed by atoms with Crippen molar-refractivity contribution in [1.82, 2.24) is 10.2 Å². The fourth-order valence-electron chi connectivity index (χ4n) is 1.63. The summed E-state index contributed by atoms with van der Waals surface area (Å²) in [5.41, 5.74) is 0. The zero-order valence-electron chi connectivity index (χ0n) is 10.9. The Morgan fingerprint density at radius 3 is 2.88 bits per heavy atom. The fraction of sp³-hybridized carbons (Fsp3) is 0.692. The van der Waals surface area contributed by atoms with E-state index in [1.165, 1.54) is 4.88 Å². The molecule has 1 aromatic heterocycles. The summed E-state index contributed by atoms with van der Waals surface area (Å²) in [4.78, 5) is 3.82. The van der Waals surface area contributed by atoms with Gasteiger partial charge in [-0.05, 0) is 24.9 Å². The predicted molar refractivity (Wildman–Crippen MR) is 74.6 cm³/mol. The van der Waals surface area contributed by atoms with Crippen LogP contribution in [-0.4, -0.2) is 44.3 Å². The molecular formula is C13H24N2OS. The first-order chi connectivity index (χ1) is 8.36. The molecule has 0 unspecified atom stereocenters. The van der Waals surface area contributed by atoms with E-state index in [9.17, 15) is 0 Å². The minimum Gasteiger partial charge on any atom is -0.380 e. The molecule has 0 aliphatic rings. The first-order valence-electron chi connectivity index (χ1n) is 6.40. The Morgan fingerprint density at radius 2 is 2.24 bits per heavy atom. The summed E-state index contributed by atoms with van der Waals surface area (Å²) < 4.78 is 5.37. The van der Waals surface area contributed by atoms with Crippen molar-refractivity contribution in [2.45, 2.75) is 20.4 Å². The van der Waals surface area contributed by atoms with Gasteiger partial charge in [0, 0.05) is 37.7 Å². The molecule has 0 radical (unpaired) electrons. The summed E-state index contributed by atoms with van der Waals surface area (Å²) >= 11 is 1.81. The second kappa shape index (κ2) is 9.59. The Kier molecular flexibility index (Phi) is 8.26. The highest BCUT2D eigenvalue weighted by Crippen LogP contribution is 2.06. The first kappa shape index (κ1) is 14.6. The molecule has 0 atom stereocenters. The summed E-state index contributed by atoms with van der Waals surface area (Å²) in [5, 5.41) is 5.59. The maximum absolute atomic E-state index is 5.37. The van der Waals surface area contributed by atoms with Crippen LogP contribution in [0.15, 0.2) is 17.5 Å². The van der Waals surface area contributed by atoms with Crippen molar-refractivity contribution in [3.63, 3.8) is 0 Å². The van der Waals surface area contributed by atoms with Gasteiger partial charge in [0.25, 0.3) is 0 Å². The van der Waals surface area contributed by atoms with E-state index in [2.05, 4.69) is 34.7 Å². The Hall–Kier alpha value is -0.420. The average molecular weight is 256 g/mol. The Balaban J connectivity index is 2.02. The van der Waals surface area contributed by atoms with Crippen LogP contribution in [0, 0.1) is 0 Å². The number of thiophene rings is 1. The highest BCUT2D eigenvalue weighted by atomic mass is 32.1. The predicted octanol–water partition coefficient (Wildman–Crippen LogP) is 2.20. The Bertz CT molecular complexity index is 264. The molecule has 0 bridgehead atoms. The van der Waals surface area contributed by atoms with Gasteiger partial charge in [-0.3, -0.25) is 0 Å². The van der Waals surface area contributed by atoms with Crippen LogP contribution in [0.3, 0.4) is 0 Å². The van der Waals surface area contributed by atoms with Gasteiger partial charge in [0.2, 0.25) is 0 Å². The molecule has 0 aliphatic heterocycles. The number of nitrogens with one attached hydrogen (secondary N) is 1. The lowest BCUT2D eigenvalue weighted by atomic mass is 10.4. The Labute approximate surface area is 109 Å². The number of hydrogen-bond acceptors (Lipinski definition) is 4. The molecule has 1 aromatic rings. The molecule has 0 saturated heterocycles. The van der Waals surface area contributed by atoms with Crippen LogP contribution in [0.1, 0.15) is 18.7 Å². The van der Waals surface area contributed by atoms with E-state index in [-0.39, 0.29) is 0 Å². The third kappa shape index (κ3) is 6.78. The standard InChI is InChI=1S/C13H24N2OS/c1-3-15(9-10-16-4-2)8-7-14-12-13-6-5-11-17-13/h5-6,11,14H,3-4,7-10,12H2,1-2H3. The molecule has 0 saturated carbocycles. The van der Waals surface area contributed by atoms with Gasteiger partial charge in [-0.1, -0.05) is 13.0 Å². The first-order valence-corrected chi connectivity index (χ1v) is 7.28. The van der Waals surface area contributed by atoms with Crippen LogP contribution >= 0.6 is 11.3 Å². The maximum Gasteiger partial charge on any atom is 0.0593 e. The SMILES string of the molecule is CCOCCN(CC)CCNCc1cccs1. The van der Waals surface area contributed by atoms with E-state index in [0.717, 1.165) is 45.9 Å². The Morgan fingerprint density at radius 1 is 1.35 bits per heavy atom. The maximum atomic E-state index is 5.37. The van der Waals surface area contributed by atoms with E-state index in [0.29, 0.717) is 0 Å². The number of ether oxygens (including phenoxy) is 1. The summed E-state index contributed by atoms with van der Waals surface area (Å²) in [5.74, 6) is 0. The number of nitrogens with zero attached hydrogens (tertiary/aromatic N) is 1. The smallest absolute Gasteiger partial charge is 0.0593 e. The van der Waals surface area contributed by atoms with Crippen molar-refractivity contribution < 1.29 is 4.74 Å². The third-order valence-electron chi connectivity index (χ3n) is 2.69. The van der Waals surface area contributed by atoms with Crippen LogP contribution in [0.4, 0.5) is 0 Å². The molecule has 0 amide bonds. The van der Waals surface area contributed by atoms with Crippen LogP contribution < -0.4 is 5.32 Å². The van der Waals surface area contributed by atoms with Gasteiger partial charge in [-0.25, -0.2) is 0 Å². The topological polar surface area (TPSA) is 24.5 Å². The molecule has 0 aromatic carbocycles. The summed E-state index contributed by atoms with van der Waals surface area (Å²) in [7, 11) is 0. The molecule has 0 fully saturated rings. The molecule has 98 valence electrons. The largest absolute Gasteiger partial charge is 0.380 e. The van der Waals surface area contributed by atoms with Gasteiger partial charge in [0.05, 0.1) is 6.61 Å². The van der Waals surface area contributed by atoms with Crippen molar-refractivity contribution in [3.8, 4) is 0 Å². The summed E-state index contributed by atoms with van der Waals surface area (Å²) in [6.07, 6.45) is 0. The number of likely N-dealkylation sites (N-methyl/N-ethyl adjacent to an activating group) is 1. The minimum atomic E-state index is 0.814. The van der Waals surface area contributed by atoms with Crippen LogP contribution in [0.2, 0.25) is 0 Å². The normalized spacial score (nSPS) is 11.2. The molecule has 17 heavy (non-hydrogen) atoms. The van der Waals surface area contributed by atoms with E-state index >= 15 is 0 Å². The molecule has 1 rings (SSSR count). The van der Waals surface area contributed by atoms with E-state index in [1.54, 1.807) is 0 Å². The lowest BCUT2D eigenvalue weighted by Gasteiger charge is -2.20. The fourth-order valence-corrected chi connectivity index (χ4v) is 2.30. The van der Waals surface area contributed by atoms with Gasteiger partial charge in [-0.2, -0.15) is 0 Å². The zero-order valence-corrected chi connectivity index (χ0v) is 11.8. The third-order valence-corrected chi connectivity index (χ3v) is 3.56. The van der Waals surface area contributed by atoms with E-state index < -0.39 is 0 Å². The second-order valence-electron chi connectivity index (χ2n) is 3.89. The van der Waals surface area contributed by atoms with Gasteiger partial charge in [0.15, 0.2) is 0 Å². The molecule has 3 nitrogen and oxygen atoms in total. The second-order valence-corrected chi connectivity index (χ2v) is 4.92.